The summed E-state index contributed by atoms with van der Waals surface area (Å²) in [5.41, 5.74) is 0.707. The average molecular weight is 426 g/mol. The van der Waals surface area contributed by atoms with Crippen LogP contribution in [0.3, 0.4) is 0 Å². The molecule has 0 radical (unpaired) electrons. The molecule has 25 heavy (non-hydrogen) atoms. The molecule has 1 aliphatic heterocycles. The van der Waals surface area contributed by atoms with Crippen molar-refractivity contribution in [2.24, 2.45) is 10.9 Å². The van der Waals surface area contributed by atoms with Crippen molar-refractivity contribution in [2.45, 2.75) is 45.4 Å². The van der Waals surface area contributed by atoms with Crippen molar-refractivity contribution in [2.75, 3.05) is 13.1 Å². The molecule has 1 N–H and O–H groups in total. The third-order valence-corrected chi connectivity index (χ3v) is 5.02. The number of nitrogens with zero attached hydrogens (tertiary/aromatic N) is 2. The number of unbranched alkanes of at least 4 members (excludes halogenated alkanes) is 3. The van der Waals surface area contributed by atoms with Crippen LogP contribution in [0, 0.1) is 5.92 Å². The van der Waals surface area contributed by atoms with Crippen LogP contribution in [-0.4, -0.2) is 40.6 Å². The summed E-state index contributed by atoms with van der Waals surface area (Å²) in [6.45, 7) is 3.41. The first kappa shape index (κ1) is 20.0. The Balaban J connectivity index is 1.73. The second-order valence-electron chi connectivity index (χ2n) is 6.19. The molecule has 1 aliphatic carbocycles. The number of halogens is 1. The van der Waals surface area contributed by atoms with Crippen LogP contribution in [0.5, 0.6) is 0 Å². The van der Waals surface area contributed by atoms with Crippen LogP contribution in [0.4, 0.5) is 0 Å². The summed E-state index contributed by atoms with van der Waals surface area (Å²) in [6, 6.07) is 0. The van der Waals surface area contributed by atoms with Crippen molar-refractivity contribution in [3.8, 4) is 0 Å². The maximum absolute atomic E-state index is 12.6. The fraction of sp³-hybridized carbons (Fsp3) is 0.556. The largest absolute Gasteiger partial charge is 0.356 e. The molecule has 2 amide bonds. The zero-order valence-electron chi connectivity index (χ0n) is 14.5. The van der Waals surface area contributed by atoms with E-state index in [2.05, 4.69) is 33.2 Å². The molecule has 1 atom stereocenters. The molecule has 2 aliphatic rings. The van der Waals surface area contributed by atoms with E-state index >= 15 is 0 Å². The van der Waals surface area contributed by atoms with Crippen LogP contribution in [0.1, 0.15) is 45.4 Å². The molecular formula is C18H24BrN3O2S. The molecule has 2 rings (SSSR count). The van der Waals surface area contributed by atoms with Crippen LogP contribution in [0.2, 0.25) is 0 Å². The number of hydrogen-bond acceptors (Lipinski definition) is 3. The Bertz CT molecular complexity index is 628. The number of thiocarbonyl (C=S) groups is 1. The van der Waals surface area contributed by atoms with Crippen molar-refractivity contribution in [1.82, 2.24) is 10.2 Å². The van der Waals surface area contributed by atoms with Crippen LogP contribution in [0.15, 0.2) is 27.7 Å². The summed E-state index contributed by atoms with van der Waals surface area (Å²) in [4.78, 5) is 30.2. The lowest BCUT2D eigenvalue weighted by atomic mass is 9.95. The Morgan fingerprint density at radius 2 is 2.12 bits per heavy atom. The minimum absolute atomic E-state index is 0.0198. The molecule has 0 saturated heterocycles. The number of hydrogen-bond donors (Lipinski definition) is 1. The van der Waals surface area contributed by atoms with Crippen molar-refractivity contribution in [3.05, 3.63) is 22.7 Å². The van der Waals surface area contributed by atoms with Crippen molar-refractivity contribution in [3.63, 3.8) is 0 Å². The lowest BCUT2D eigenvalue weighted by molar-refractivity contribution is -0.128. The van der Waals surface area contributed by atoms with Crippen molar-refractivity contribution >= 4 is 50.8 Å². The van der Waals surface area contributed by atoms with E-state index in [9.17, 15) is 9.59 Å². The zero-order valence-corrected chi connectivity index (χ0v) is 16.9. The molecule has 136 valence electrons. The Labute approximate surface area is 162 Å². The van der Waals surface area contributed by atoms with Crippen LogP contribution >= 0.6 is 28.1 Å². The second-order valence-corrected chi connectivity index (χ2v) is 7.47. The van der Waals surface area contributed by atoms with E-state index in [1.54, 1.807) is 4.90 Å². The molecule has 0 spiro atoms. The van der Waals surface area contributed by atoms with Crippen LogP contribution in [0.25, 0.3) is 0 Å². The molecule has 1 heterocycles. The fourth-order valence-electron chi connectivity index (χ4n) is 2.74. The van der Waals surface area contributed by atoms with Gasteiger partial charge in [0.2, 0.25) is 16.9 Å². The number of aliphatic imine (C=N–C) groups is 1. The van der Waals surface area contributed by atoms with Crippen molar-refractivity contribution < 1.29 is 9.59 Å². The van der Waals surface area contributed by atoms with E-state index in [4.69, 9.17) is 12.2 Å². The standard InChI is InChI=1S/C18H24BrN3O2S/c1-2-3-10-20-16(23)7-5-4-6-11-22-17(24)14-12-13(19)8-9-15(14)21-18(22)25/h8-9,12,14H,2-7,10-11H2,1H3,(H,20,23). The topological polar surface area (TPSA) is 61.8 Å². The van der Waals surface area contributed by atoms with Gasteiger partial charge in [-0.15, -0.1) is 0 Å². The molecule has 0 bridgehead atoms. The van der Waals surface area contributed by atoms with Gasteiger partial charge in [0.05, 0.1) is 5.71 Å². The summed E-state index contributed by atoms with van der Waals surface area (Å²) < 4.78 is 0.881. The normalized spacial score (nSPS) is 19.4. The zero-order chi connectivity index (χ0) is 18.2. The van der Waals surface area contributed by atoms with Gasteiger partial charge < -0.3 is 5.32 Å². The highest BCUT2D eigenvalue weighted by Gasteiger charge is 2.34. The van der Waals surface area contributed by atoms with E-state index in [0.717, 1.165) is 43.1 Å². The molecule has 0 aromatic heterocycles. The van der Waals surface area contributed by atoms with Gasteiger partial charge >= 0.3 is 0 Å². The van der Waals surface area contributed by atoms with Gasteiger partial charge in [-0.25, -0.2) is 4.99 Å². The molecule has 7 heteroatoms. The summed E-state index contributed by atoms with van der Waals surface area (Å²) in [6.07, 6.45) is 10.7. The number of carbonyl (C=O) groups is 2. The number of allylic oxidation sites excluding steroid dienone is 3. The van der Waals surface area contributed by atoms with Gasteiger partial charge in [0.1, 0.15) is 5.92 Å². The molecule has 0 fully saturated rings. The van der Waals surface area contributed by atoms with Crippen LogP contribution < -0.4 is 5.32 Å². The Hall–Kier alpha value is -1.34. The second kappa shape index (κ2) is 9.97. The Morgan fingerprint density at radius 1 is 1.32 bits per heavy atom. The van der Waals surface area contributed by atoms with E-state index in [0.29, 0.717) is 23.8 Å². The first-order valence-electron chi connectivity index (χ1n) is 8.79. The summed E-state index contributed by atoms with van der Waals surface area (Å²) in [5, 5.41) is 3.25. The Morgan fingerprint density at radius 3 is 2.88 bits per heavy atom. The first-order valence-corrected chi connectivity index (χ1v) is 9.99. The molecular weight excluding hydrogens is 402 g/mol. The minimum Gasteiger partial charge on any atom is -0.356 e. The summed E-state index contributed by atoms with van der Waals surface area (Å²) >= 11 is 8.67. The van der Waals surface area contributed by atoms with Gasteiger partial charge in [0, 0.05) is 24.0 Å². The van der Waals surface area contributed by atoms with Gasteiger partial charge in [-0.3, -0.25) is 14.5 Å². The molecule has 5 nitrogen and oxygen atoms in total. The predicted octanol–water partition coefficient (Wildman–Crippen LogP) is 3.50. The number of fused-ring (bicyclic) bond motifs is 1. The quantitative estimate of drug-likeness (QED) is 0.454. The van der Waals surface area contributed by atoms with E-state index in [-0.39, 0.29) is 17.7 Å². The highest BCUT2D eigenvalue weighted by Crippen LogP contribution is 2.25. The van der Waals surface area contributed by atoms with Gasteiger partial charge in [0.25, 0.3) is 0 Å². The third-order valence-electron chi connectivity index (χ3n) is 4.18. The fourth-order valence-corrected chi connectivity index (χ4v) is 3.42. The lowest BCUT2D eigenvalue weighted by Crippen LogP contribution is -2.46. The summed E-state index contributed by atoms with van der Waals surface area (Å²) in [5.74, 6) is -0.264. The number of rotatable bonds is 9. The predicted molar refractivity (Wildman–Crippen MR) is 108 cm³/mol. The maximum atomic E-state index is 12.6. The molecule has 1 unspecified atom stereocenters. The minimum atomic E-state index is -0.351. The average Bonchev–Trinajstić information content (AvgIpc) is 2.58. The first-order chi connectivity index (χ1) is 12.0. The SMILES string of the molecule is CCCCNC(=O)CCCCCN1C(=O)C2C=C(Br)C=CC2=NC1=S. The van der Waals surface area contributed by atoms with E-state index in [1.807, 2.05) is 18.2 Å². The highest BCUT2D eigenvalue weighted by atomic mass is 79.9. The number of nitrogens with one attached hydrogen (secondary N) is 1. The molecule has 0 saturated carbocycles. The lowest BCUT2D eigenvalue weighted by Gasteiger charge is -2.30. The monoisotopic (exact) mass is 425 g/mol. The van der Waals surface area contributed by atoms with E-state index < -0.39 is 0 Å². The number of carbonyl (C=O) groups excluding carboxylic acids is 2. The van der Waals surface area contributed by atoms with Gasteiger partial charge in [-0.2, -0.15) is 0 Å². The molecule has 0 aromatic carbocycles. The summed E-state index contributed by atoms with van der Waals surface area (Å²) in [7, 11) is 0. The maximum Gasteiger partial charge on any atom is 0.241 e. The molecule has 0 aromatic rings. The van der Waals surface area contributed by atoms with Gasteiger partial charge in [-0.05, 0) is 43.6 Å². The van der Waals surface area contributed by atoms with E-state index in [1.165, 1.54) is 0 Å². The van der Waals surface area contributed by atoms with Gasteiger partial charge in [0.15, 0.2) is 0 Å². The highest BCUT2D eigenvalue weighted by molar-refractivity contribution is 9.11. The van der Waals surface area contributed by atoms with Crippen molar-refractivity contribution in [1.29, 1.82) is 0 Å². The third kappa shape index (κ3) is 5.85. The van der Waals surface area contributed by atoms with Gasteiger partial charge in [-0.1, -0.05) is 41.8 Å². The number of amides is 2. The smallest absolute Gasteiger partial charge is 0.241 e. The Kier molecular flexibility index (Phi) is 7.96. The van der Waals surface area contributed by atoms with Crippen LogP contribution in [-0.2, 0) is 9.59 Å².